The van der Waals surface area contributed by atoms with E-state index in [2.05, 4.69) is 15.3 Å². The molecule has 0 spiro atoms. The van der Waals surface area contributed by atoms with Crippen LogP contribution >= 0.6 is 0 Å². The predicted molar refractivity (Wildman–Crippen MR) is 307 cm³/mol. The van der Waals surface area contributed by atoms with Crippen molar-refractivity contribution in [2.75, 3.05) is 52.8 Å². The van der Waals surface area contributed by atoms with Crippen molar-refractivity contribution in [3.63, 3.8) is 0 Å². The van der Waals surface area contributed by atoms with Crippen molar-refractivity contribution in [1.82, 2.24) is 9.91 Å². The number of likely N-dealkylation sites (N-methyl/N-ethyl adjacent to an activating group) is 1. The molecule has 1 saturated heterocycles. The molecule has 0 aliphatic carbocycles. The van der Waals surface area contributed by atoms with E-state index in [0.29, 0.717) is 42.8 Å². The van der Waals surface area contributed by atoms with Crippen molar-refractivity contribution in [3.8, 4) is 34.5 Å². The molecule has 446 valence electrons. The average molecular weight is 1140 g/mol. The zero-order valence-electron chi connectivity index (χ0n) is 49.1. The number of allylic oxidation sites excluding steroid dienone is 4. The highest BCUT2D eigenvalue weighted by atomic mass is 16.6. The molecule has 0 aromatic heterocycles. The molecule has 21 nitrogen and oxygen atoms in total. The highest BCUT2D eigenvalue weighted by Gasteiger charge is 2.48. The highest BCUT2D eigenvalue weighted by molar-refractivity contribution is 6.24. The van der Waals surface area contributed by atoms with Gasteiger partial charge in [0.25, 0.3) is 5.91 Å². The molecule has 5 aliphatic heterocycles. The van der Waals surface area contributed by atoms with Gasteiger partial charge < -0.3 is 69.6 Å². The van der Waals surface area contributed by atoms with E-state index < -0.39 is 101 Å². The minimum atomic E-state index is -1.54. The normalized spacial score (nSPS) is 27.0. The molecule has 3 aromatic carbocycles. The molecule has 5 heterocycles. The molecule has 9 atom stereocenters. The Morgan fingerprint density at radius 3 is 2.15 bits per heavy atom. The number of Topliss-reactive ketones (excluding diaryl/α,β-unsaturated/α-hetero) is 1. The first-order valence-corrected chi connectivity index (χ1v) is 27.4. The number of carboxylic acid groups (broad SMARTS) is 1. The number of piperazine rings is 1. The summed E-state index contributed by atoms with van der Waals surface area (Å²) in [6, 6.07) is 0. The maximum Gasteiger partial charge on any atom is 0.342 e. The van der Waals surface area contributed by atoms with Gasteiger partial charge in [-0.1, -0.05) is 69.7 Å². The van der Waals surface area contributed by atoms with Gasteiger partial charge >= 0.3 is 17.9 Å². The Morgan fingerprint density at radius 1 is 0.854 bits per heavy atom. The number of carboxylic acids is 1. The molecule has 1 amide bonds. The minimum Gasteiger partial charge on any atom is -0.507 e. The SMILES string of the molecule is CO[C@H]1/C=C/C[C@@]2(C)Oc3c(C)c(O)c4c(O)c(c(/C=N\N5CCN(C)CC5)c(O)c4c3C2=O)NC(=O)/C(C)=C\C=C\[C@H](C)[C@H](O)[C@@H](C)[C@@H](O)[C@@H](C)[C@H](OC(C)=O)[C@@H]1C.COc1c(C)c2c(c(O)c1C/C=C(\C)CCC(=O)O)C(=O)OC2. The van der Waals surface area contributed by atoms with Crippen molar-refractivity contribution in [2.24, 2.45) is 28.8 Å². The number of methoxy groups -OCH3 is 2. The van der Waals surface area contributed by atoms with Crippen LogP contribution < -0.4 is 14.8 Å². The maximum absolute atomic E-state index is 14.6. The summed E-state index contributed by atoms with van der Waals surface area (Å²) in [7, 11) is 5.00. The smallest absolute Gasteiger partial charge is 0.342 e. The lowest BCUT2D eigenvalue weighted by atomic mass is 9.78. The van der Waals surface area contributed by atoms with Gasteiger partial charge in [0.1, 0.15) is 47.0 Å². The van der Waals surface area contributed by atoms with Gasteiger partial charge in [0, 0.05) is 104 Å². The molecule has 5 aliphatic rings. The standard InChI is InChI=1S/C44H60N4O11.C17H20O6/c1-22-13-11-14-23(2)43(56)46-34-29(21-45-48-19-17-47(9)18-20-48)38(53)31-32(39(34)54)37(52)27(6)41-33(31)42(55)44(8,59-41)16-12-15-30(57-10)24(3)40(58-28(7)49)26(5)36(51)25(4)35(22)50;1-9(5-7-13(18)19)4-6-11-15(20)14-12(8-23-17(14)21)10(2)16(11)22-3/h11-15,21-22,24-26,30,35-36,40,50-54H,16-20H2,1-10H3,(H,46,56);4,20H,5-8H2,1-3H3,(H,18,19)/b13-11+,15-12+,23-14-,45-21-;9-4+/t22-,24+,25+,26+,30-,35-,36+,40+,44+;/m0./s1. The van der Waals surface area contributed by atoms with E-state index in [0.717, 1.165) is 24.2 Å². The number of esters is 2. The average Bonchev–Trinajstić information content (AvgIpc) is 1.69. The van der Waals surface area contributed by atoms with Gasteiger partial charge in [0.2, 0.25) is 5.78 Å². The summed E-state index contributed by atoms with van der Waals surface area (Å²) < 4.78 is 28.4. The van der Waals surface area contributed by atoms with E-state index in [4.69, 9.17) is 28.8 Å². The van der Waals surface area contributed by atoms with Crippen LogP contribution in [0.3, 0.4) is 0 Å². The van der Waals surface area contributed by atoms with Gasteiger partial charge in [-0.2, -0.15) is 5.10 Å². The lowest BCUT2D eigenvalue weighted by Crippen LogP contribution is -2.46. The summed E-state index contributed by atoms with van der Waals surface area (Å²) in [5, 5.41) is 86.4. The topological polar surface area (TPSA) is 304 Å². The number of ketones is 1. The van der Waals surface area contributed by atoms with Crippen LogP contribution in [-0.4, -0.2) is 159 Å². The molecule has 3 aromatic rings. The summed E-state index contributed by atoms with van der Waals surface area (Å²) in [4.78, 5) is 65.2. The predicted octanol–water partition coefficient (Wildman–Crippen LogP) is 7.53. The number of ether oxygens (including phenoxy) is 5. The largest absolute Gasteiger partial charge is 0.507 e. The summed E-state index contributed by atoms with van der Waals surface area (Å²) in [5.74, 6) is -6.56. The second kappa shape index (κ2) is 26.6. The Labute approximate surface area is 478 Å². The summed E-state index contributed by atoms with van der Waals surface area (Å²) in [6.45, 7) is 19.4. The van der Waals surface area contributed by atoms with Crippen LogP contribution in [-0.2, 0) is 41.6 Å². The number of fused-ring (bicyclic) bond motifs is 15. The number of aliphatic carboxylic acids is 1. The number of anilines is 1. The molecule has 0 saturated carbocycles. The summed E-state index contributed by atoms with van der Waals surface area (Å²) in [5.41, 5.74) is 1.44. The second-order valence-electron chi connectivity index (χ2n) is 22.2. The molecule has 21 heteroatoms. The molecular weight excluding hydrogens is 1060 g/mol. The number of aromatic hydroxyl groups is 4. The number of hydrogen-bond donors (Lipinski definition) is 8. The number of aliphatic hydroxyl groups excluding tert-OH is 2. The van der Waals surface area contributed by atoms with Crippen LogP contribution in [0, 0.1) is 37.5 Å². The molecule has 5 bridgehead atoms. The second-order valence-corrected chi connectivity index (χ2v) is 22.2. The minimum absolute atomic E-state index is 0.00402. The third-order valence-electron chi connectivity index (χ3n) is 16.3. The first-order chi connectivity index (χ1) is 38.6. The number of hydrazone groups is 1. The summed E-state index contributed by atoms with van der Waals surface area (Å²) in [6.07, 6.45) is 8.57. The zero-order valence-corrected chi connectivity index (χ0v) is 49.1. The monoisotopic (exact) mass is 1140 g/mol. The molecule has 0 unspecified atom stereocenters. The molecule has 8 N–H and O–H groups in total. The van der Waals surface area contributed by atoms with Crippen LogP contribution in [0.25, 0.3) is 10.8 Å². The number of hydrogen-bond acceptors (Lipinski definition) is 19. The van der Waals surface area contributed by atoms with Crippen LogP contribution in [0.2, 0.25) is 0 Å². The van der Waals surface area contributed by atoms with Gasteiger partial charge in [0.15, 0.2) is 11.4 Å². The number of cyclic esters (lactones) is 1. The molecule has 1 fully saturated rings. The van der Waals surface area contributed by atoms with Gasteiger partial charge in [-0.15, -0.1) is 0 Å². The highest BCUT2D eigenvalue weighted by Crippen LogP contribution is 2.55. The van der Waals surface area contributed by atoms with Crippen LogP contribution in [0.4, 0.5) is 5.69 Å². The molecule has 8 rings (SSSR count). The van der Waals surface area contributed by atoms with Crippen molar-refractivity contribution >= 4 is 52.3 Å². The lowest BCUT2D eigenvalue weighted by Gasteiger charge is -2.38. The number of aliphatic hydroxyl groups is 2. The third-order valence-corrected chi connectivity index (χ3v) is 16.3. The van der Waals surface area contributed by atoms with E-state index in [1.54, 1.807) is 57.0 Å². The number of rotatable bonds is 10. The number of phenols is 4. The van der Waals surface area contributed by atoms with E-state index in [1.165, 1.54) is 47.3 Å². The van der Waals surface area contributed by atoms with Crippen LogP contribution in [0.15, 0.2) is 52.7 Å². The van der Waals surface area contributed by atoms with Crippen LogP contribution in [0.5, 0.6) is 34.5 Å². The van der Waals surface area contributed by atoms with Crippen LogP contribution in [0.1, 0.15) is 123 Å². The number of benzene rings is 3. The van der Waals surface area contributed by atoms with Crippen molar-refractivity contribution in [3.05, 3.63) is 86.5 Å². The number of carbonyl (C=O) groups is 5. The Bertz CT molecular complexity index is 3120. The third kappa shape index (κ3) is 13.4. The number of nitrogens with one attached hydrogen (secondary N) is 1. The first kappa shape index (κ1) is 63.7. The van der Waals surface area contributed by atoms with E-state index >= 15 is 0 Å². The number of phenolic OH excluding ortho intramolecular Hbond substituents is 4. The van der Waals surface area contributed by atoms with E-state index in [9.17, 15) is 54.6 Å². The Balaban J connectivity index is 0.000000391. The first-order valence-electron chi connectivity index (χ1n) is 27.4. The quantitative estimate of drug-likeness (QED) is 0.0320. The fourth-order valence-electron chi connectivity index (χ4n) is 10.9. The van der Waals surface area contributed by atoms with E-state index in [-0.39, 0.29) is 75.2 Å². The number of nitrogens with zero attached hydrogens (tertiary/aromatic N) is 3. The van der Waals surface area contributed by atoms with Gasteiger partial charge in [-0.3, -0.25) is 24.2 Å². The molecular formula is C61H80N4O17. The van der Waals surface area contributed by atoms with Gasteiger partial charge in [-0.05, 0) is 60.1 Å². The van der Waals surface area contributed by atoms with Gasteiger partial charge in [0.05, 0.1) is 53.8 Å². The molecule has 0 radical (unpaired) electrons. The Hall–Kier alpha value is -7.46. The Morgan fingerprint density at radius 2 is 1.52 bits per heavy atom. The van der Waals surface area contributed by atoms with Gasteiger partial charge in [-0.25, -0.2) is 4.79 Å². The zero-order chi connectivity index (χ0) is 60.8. The van der Waals surface area contributed by atoms with Crippen molar-refractivity contribution in [1.29, 1.82) is 0 Å². The van der Waals surface area contributed by atoms with Crippen molar-refractivity contribution in [2.45, 2.75) is 132 Å². The maximum atomic E-state index is 14.6. The summed E-state index contributed by atoms with van der Waals surface area (Å²) >= 11 is 0. The fraction of sp³-hybridized carbons (Fsp3) is 0.508. The number of carbonyl (C=O) groups excluding carboxylic acids is 4. The number of amides is 1. The molecule has 82 heavy (non-hydrogen) atoms. The van der Waals surface area contributed by atoms with Crippen molar-refractivity contribution < 1.29 is 83.4 Å². The van der Waals surface area contributed by atoms with E-state index in [1.807, 2.05) is 33.9 Å². The lowest BCUT2D eigenvalue weighted by molar-refractivity contribution is -0.160. The Kier molecular flexibility index (Phi) is 20.7. The fourth-order valence-corrected chi connectivity index (χ4v) is 10.9.